The van der Waals surface area contributed by atoms with E-state index in [0.29, 0.717) is 12.3 Å². The molecular formula is C34H38F2N2O3. The van der Waals surface area contributed by atoms with Gasteiger partial charge < -0.3 is 20.1 Å². The highest BCUT2D eigenvalue weighted by atomic mass is 19.1. The molecule has 3 aromatic carbocycles. The Labute approximate surface area is 240 Å². The predicted octanol–water partition coefficient (Wildman–Crippen LogP) is 5.86. The Kier molecular flexibility index (Phi) is 9.47. The SMILES string of the molecule is O=C(C=Cc1ccccc1OCC(O)CNC1CCC(c2ccc(F)cc2)(c2ccc(F)cc2)CC1)N1CCCC1. The zero-order valence-corrected chi connectivity index (χ0v) is 23.3. The van der Waals surface area contributed by atoms with E-state index in [2.05, 4.69) is 5.32 Å². The fourth-order valence-electron chi connectivity index (χ4n) is 6.10. The fourth-order valence-corrected chi connectivity index (χ4v) is 6.10. The number of benzene rings is 3. The van der Waals surface area contributed by atoms with Crippen LogP contribution in [0.15, 0.2) is 78.9 Å². The van der Waals surface area contributed by atoms with E-state index >= 15 is 0 Å². The number of hydrogen-bond donors (Lipinski definition) is 2. The largest absolute Gasteiger partial charge is 0.490 e. The minimum absolute atomic E-state index is 0.0110. The van der Waals surface area contributed by atoms with Gasteiger partial charge in [0, 0.05) is 42.7 Å². The summed E-state index contributed by atoms with van der Waals surface area (Å²) in [6, 6.07) is 21.0. The summed E-state index contributed by atoms with van der Waals surface area (Å²) in [7, 11) is 0. The van der Waals surface area contributed by atoms with E-state index in [-0.39, 0.29) is 35.6 Å². The van der Waals surface area contributed by atoms with Gasteiger partial charge in [-0.2, -0.15) is 0 Å². The fraction of sp³-hybridized carbons (Fsp3) is 0.382. The lowest BCUT2D eigenvalue weighted by molar-refractivity contribution is -0.124. The first-order valence-corrected chi connectivity index (χ1v) is 14.6. The molecule has 0 bridgehead atoms. The average molecular weight is 561 g/mol. The molecule has 1 unspecified atom stereocenters. The van der Waals surface area contributed by atoms with Crippen LogP contribution in [0.25, 0.3) is 6.08 Å². The molecule has 41 heavy (non-hydrogen) atoms. The Hall–Kier alpha value is -3.55. The molecule has 3 aromatic rings. The Morgan fingerprint density at radius 2 is 1.54 bits per heavy atom. The van der Waals surface area contributed by atoms with Gasteiger partial charge in [-0.15, -0.1) is 0 Å². The molecule has 1 amide bonds. The van der Waals surface area contributed by atoms with Gasteiger partial charge >= 0.3 is 0 Å². The van der Waals surface area contributed by atoms with E-state index in [1.807, 2.05) is 53.4 Å². The third kappa shape index (κ3) is 7.21. The standard InChI is InChI=1S/C34H38F2N2O3/c35-28-12-8-26(9-13-28)34(27-10-14-29(36)15-11-27)19-17-30(18-20-34)37-23-31(39)24-41-32-6-2-1-5-25(32)7-16-33(40)38-21-3-4-22-38/h1-2,5-16,30-31,37,39H,3-4,17-24H2. The number of rotatable bonds is 10. The summed E-state index contributed by atoms with van der Waals surface area (Å²) in [6.45, 7) is 2.12. The van der Waals surface area contributed by atoms with E-state index in [1.54, 1.807) is 12.2 Å². The number of likely N-dealkylation sites (tertiary alicyclic amines) is 1. The van der Waals surface area contributed by atoms with Crippen LogP contribution < -0.4 is 10.1 Å². The Morgan fingerprint density at radius 3 is 2.15 bits per heavy atom. The van der Waals surface area contributed by atoms with Crippen molar-refractivity contribution in [3.63, 3.8) is 0 Å². The summed E-state index contributed by atoms with van der Waals surface area (Å²) in [5.74, 6) is 0.0857. The molecule has 0 aromatic heterocycles. The van der Waals surface area contributed by atoms with Gasteiger partial charge in [0.15, 0.2) is 0 Å². The van der Waals surface area contributed by atoms with Gasteiger partial charge in [-0.25, -0.2) is 8.78 Å². The van der Waals surface area contributed by atoms with Crippen molar-refractivity contribution >= 4 is 12.0 Å². The molecule has 1 atom stereocenters. The van der Waals surface area contributed by atoms with E-state index in [9.17, 15) is 18.7 Å². The smallest absolute Gasteiger partial charge is 0.246 e. The van der Waals surface area contributed by atoms with Crippen LogP contribution in [0, 0.1) is 11.6 Å². The Balaban J connectivity index is 1.14. The monoisotopic (exact) mass is 560 g/mol. The molecule has 1 saturated carbocycles. The van der Waals surface area contributed by atoms with Crippen LogP contribution in [0.2, 0.25) is 0 Å². The number of para-hydroxylation sites is 1. The van der Waals surface area contributed by atoms with Crippen molar-refractivity contribution in [2.24, 2.45) is 0 Å². The zero-order chi connectivity index (χ0) is 28.7. The average Bonchev–Trinajstić information content (AvgIpc) is 3.55. The molecule has 2 aliphatic rings. The zero-order valence-electron chi connectivity index (χ0n) is 23.3. The molecule has 2 N–H and O–H groups in total. The van der Waals surface area contributed by atoms with Crippen LogP contribution in [0.5, 0.6) is 5.75 Å². The maximum atomic E-state index is 13.7. The van der Waals surface area contributed by atoms with E-state index in [1.165, 1.54) is 24.3 Å². The highest BCUT2D eigenvalue weighted by Crippen LogP contribution is 2.45. The van der Waals surface area contributed by atoms with Gasteiger partial charge in [0.05, 0.1) is 0 Å². The summed E-state index contributed by atoms with van der Waals surface area (Å²) in [6.07, 6.45) is 8.13. The summed E-state index contributed by atoms with van der Waals surface area (Å²) in [4.78, 5) is 14.2. The first-order chi connectivity index (χ1) is 19.9. The minimum Gasteiger partial charge on any atom is -0.490 e. The van der Waals surface area contributed by atoms with Crippen LogP contribution in [-0.4, -0.2) is 54.3 Å². The topological polar surface area (TPSA) is 61.8 Å². The summed E-state index contributed by atoms with van der Waals surface area (Å²) in [5.41, 5.74) is 2.55. The van der Waals surface area contributed by atoms with Crippen LogP contribution >= 0.6 is 0 Å². The third-order valence-corrected chi connectivity index (χ3v) is 8.45. The highest BCUT2D eigenvalue weighted by molar-refractivity contribution is 5.92. The normalized spacial score (nSPS) is 18.1. The lowest BCUT2D eigenvalue weighted by Gasteiger charge is -2.42. The molecule has 5 rings (SSSR count). The number of aliphatic hydroxyl groups is 1. The number of amides is 1. The molecule has 2 fully saturated rings. The molecule has 5 nitrogen and oxygen atoms in total. The molecule has 1 aliphatic carbocycles. The molecule has 0 spiro atoms. The molecule has 1 heterocycles. The maximum absolute atomic E-state index is 13.7. The van der Waals surface area contributed by atoms with Crippen LogP contribution in [-0.2, 0) is 10.2 Å². The second-order valence-corrected chi connectivity index (χ2v) is 11.1. The van der Waals surface area contributed by atoms with Crippen molar-refractivity contribution in [1.29, 1.82) is 0 Å². The maximum Gasteiger partial charge on any atom is 0.246 e. The molecule has 0 radical (unpaired) electrons. The molecular weight excluding hydrogens is 522 g/mol. The van der Waals surface area contributed by atoms with Crippen LogP contribution in [0.3, 0.4) is 0 Å². The third-order valence-electron chi connectivity index (χ3n) is 8.45. The number of nitrogens with one attached hydrogen (secondary N) is 1. The second kappa shape index (κ2) is 13.4. The number of nitrogens with zero attached hydrogens (tertiary/aromatic N) is 1. The van der Waals surface area contributed by atoms with Crippen LogP contribution in [0.4, 0.5) is 8.78 Å². The number of ether oxygens (including phenoxy) is 1. The van der Waals surface area contributed by atoms with Crippen molar-refractivity contribution in [2.45, 2.75) is 56.1 Å². The number of carbonyl (C=O) groups excluding carboxylic acids is 1. The van der Waals surface area contributed by atoms with Crippen molar-refractivity contribution < 1.29 is 23.4 Å². The number of halogens is 2. The van der Waals surface area contributed by atoms with Crippen molar-refractivity contribution in [3.05, 3.63) is 107 Å². The summed E-state index contributed by atoms with van der Waals surface area (Å²) >= 11 is 0. The molecule has 1 saturated heterocycles. The number of carbonyl (C=O) groups is 1. The Bertz CT molecular complexity index is 1270. The second-order valence-electron chi connectivity index (χ2n) is 11.1. The predicted molar refractivity (Wildman–Crippen MR) is 157 cm³/mol. The van der Waals surface area contributed by atoms with Gasteiger partial charge in [-0.1, -0.05) is 42.5 Å². The quantitative estimate of drug-likeness (QED) is 0.305. The van der Waals surface area contributed by atoms with Crippen LogP contribution in [0.1, 0.15) is 55.2 Å². The molecule has 1 aliphatic heterocycles. The van der Waals surface area contributed by atoms with Gasteiger partial charge in [0.25, 0.3) is 0 Å². The van der Waals surface area contributed by atoms with E-state index < -0.39 is 6.10 Å². The van der Waals surface area contributed by atoms with Crippen molar-refractivity contribution in [1.82, 2.24) is 10.2 Å². The van der Waals surface area contributed by atoms with E-state index in [0.717, 1.165) is 68.3 Å². The highest BCUT2D eigenvalue weighted by Gasteiger charge is 2.38. The Morgan fingerprint density at radius 1 is 0.951 bits per heavy atom. The van der Waals surface area contributed by atoms with Gasteiger partial charge in [-0.05, 0) is 86.1 Å². The number of aliphatic hydroxyl groups excluding tert-OH is 1. The van der Waals surface area contributed by atoms with Gasteiger partial charge in [0.2, 0.25) is 5.91 Å². The minimum atomic E-state index is -0.709. The lowest BCUT2D eigenvalue weighted by atomic mass is 9.64. The lowest BCUT2D eigenvalue weighted by Crippen LogP contribution is -2.43. The molecule has 216 valence electrons. The summed E-state index contributed by atoms with van der Waals surface area (Å²) in [5, 5.41) is 14.2. The summed E-state index contributed by atoms with van der Waals surface area (Å²) < 4.78 is 33.3. The van der Waals surface area contributed by atoms with E-state index in [4.69, 9.17) is 4.74 Å². The van der Waals surface area contributed by atoms with Crippen molar-refractivity contribution in [3.8, 4) is 5.75 Å². The van der Waals surface area contributed by atoms with Gasteiger partial charge in [0.1, 0.15) is 30.1 Å². The van der Waals surface area contributed by atoms with Crippen molar-refractivity contribution in [2.75, 3.05) is 26.2 Å². The van der Waals surface area contributed by atoms with Gasteiger partial charge in [-0.3, -0.25) is 4.79 Å². The first kappa shape index (κ1) is 29.0. The first-order valence-electron chi connectivity index (χ1n) is 14.6. The molecule has 7 heteroatoms. The number of hydrogen-bond acceptors (Lipinski definition) is 4.